The number of rotatable bonds is 2. The summed E-state index contributed by atoms with van der Waals surface area (Å²) in [6, 6.07) is 0. The molecule has 152 valence electrons. The Hall–Kier alpha value is -1.04. The summed E-state index contributed by atoms with van der Waals surface area (Å²) in [5.41, 5.74) is 3.84. The molecule has 0 saturated heterocycles. The fourth-order valence-corrected chi connectivity index (χ4v) is 2.23. The van der Waals surface area contributed by atoms with Gasteiger partial charge in [-0.1, -0.05) is 131 Å². The molecule has 0 aromatic carbocycles. The molecule has 0 fully saturated rings. The molecule has 0 heteroatoms. The zero-order valence-electron chi connectivity index (χ0n) is 20.5. The van der Waals surface area contributed by atoms with Gasteiger partial charge in [0.05, 0.1) is 0 Å². The molecule has 0 aromatic heterocycles. The lowest BCUT2D eigenvalue weighted by Crippen LogP contribution is -2.01. The Balaban J connectivity index is 0. The molecule has 0 spiro atoms. The van der Waals surface area contributed by atoms with E-state index in [1.165, 1.54) is 11.1 Å². The van der Waals surface area contributed by atoms with Crippen molar-refractivity contribution in [2.24, 2.45) is 21.7 Å². The molecule has 0 rings (SSSR count). The molecular formula is C26H48. The van der Waals surface area contributed by atoms with Gasteiger partial charge in [-0.25, -0.2) is 0 Å². The van der Waals surface area contributed by atoms with E-state index in [0.29, 0.717) is 0 Å². The van der Waals surface area contributed by atoms with Crippen LogP contribution in [0, 0.1) is 21.7 Å². The van der Waals surface area contributed by atoms with E-state index in [9.17, 15) is 0 Å². The van der Waals surface area contributed by atoms with Gasteiger partial charge in [0.2, 0.25) is 0 Å². The predicted molar refractivity (Wildman–Crippen MR) is 124 cm³/mol. The molecule has 0 saturated carbocycles. The first kappa shape index (κ1) is 27.2. The molecule has 0 nitrogen and oxygen atoms in total. The molecule has 26 heavy (non-hydrogen) atoms. The fourth-order valence-electron chi connectivity index (χ4n) is 2.23. The Bertz CT molecular complexity index is 456. The lowest BCUT2D eigenvalue weighted by Gasteiger charge is -2.14. The first-order chi connectivity index (χ1) is 11.2. The highest BCUT2D eigenvalue weighted by atomic mass is 14.1. The Morgan fingerprint density at radius 3 is 0.808 bits per heavy atom. The molecular weight excluding hydrogens is 312 g/mol. The van der Waals surface area contributed by atoms with Gasteiger partial charge in [0.15, 0.2) is 0 Å². The predicted octanol–water partition coefficient (Wildman–Crippen LogP) is 9.16. The molecule has 0 N–H and O–H groups in total. The second-order valence-corrected chi connectivity index (χ2v) is 11.9. The van der Waals surface area contributed by atoms with Crippen LogP contribution in [0.5, 0.6) is 0 Å². The molecule has 0 atom stereocenters. The van der Waals surface area contributed by atoms with Crippen molar-refractivity contribution in [1.29, 1.82) is 0 Å². The van der Waals surface area contributed by atoms with E-state index in [0.717, 1.165) is 0 Å². The Morgan fingerprint density at radius 2 is 0.654 bits per heavy atom. The smallest absolute Gasteiger partial charge is 0.0197 e. The summed E-state index contributed by atoms with van der Waals surface area (Å²) < 4.78 is 0. The van der Waals surface area contributed by atoms with E-state index < -0.39 is 0 Å². The average Bonchev–Trinajstić information content (AvgIpc) is 2.29. The summed E-state index contributed by atoms with van der Waals surface area (Å²) in [6.45, 7) is 31.0. The number of hydrogen-bond donors (Lipinski definition) is 0. The third-order valence-electron chi connectivity index (χ3n) is 3.01. The van der Waals surface area contributed by atoms with Crippen LogP contribution in [0.2, 0.25) is 0 Å². The number of allylic oxidation sites excluding steroid dienone is 8. The van der Waals surface area contributed by atoms with E-state index in [1.54, 1.807) is 0 Å². The highest BCUT2D eigenvalue weighted by Gasteiger charge is 2.07. The molecule has 0 radical (unpaired) electrons. The molecule has 0 bridgehead atoms. The van der Waals surface area contributed by atoms with Gasteiger partial charge < -0.3 is 0 Å². The molecule has 0 unspecified atom stereocenters. The first-order valence-electron chi connectivity index (χ1n) is 9.98. The third kappa shape index (κ3) is 25.2. The summed E-state index contributed by atoms with van der Waals surface area (Å²) in [7, 11) is 0. The third-order valence-corrected chi connectivity index (χ3v) is 3.01. The van der Waals surface area contributed by atoms with Gasteiger partial charge in [-0.2, -0.15) is 0 Å². The van der Waals surface area contributed by atoms with Crippen molar-refractivity contribution in [3.63, 3.8) is 0 Å². The second kappa shape index (κ2) is 10.3. The van der Waals surface area contributed by atoms with E-state index >= 15 is 0 Å². The van der Waals surface area contributed by atoms with Gasteiger partial charge >= 0.3 is 0 Å². The minimum Gasteiger partial charge on any atom is -0.0789 e. The number of hydrogen-bond acceptors (Lipinski definition) is 0. The quantitative estimate of drug-likeness (QED) is 0.430. The van der Waals surface area contributed by atoms with Crippen LogP contribution in [-0.4, -0.2) is 0 Å². The van der Waals surface area contributed by atoms with Crippen LogP contribution in [0.4, 0.5) is 0 Å². The summed E-state index contributed by atoms with van der Waals surface area (Å²) in [6.07, 6.45) is 13.5. The highest BCUT2D eigenvalue weighted by Crippen LogP contribution is 2.21. The van der Waals surface area contributed by atoms with Crippen molar-refractivity contribution in [3.8, 4) is 0 Å². The molecule has 0 aromatic rings. The molecule has 0 aliphatic rings. The largest absolute Gasteiger partial charge is 0.0789 e. The van der Waals surface area contributed by atoms with Crippen LogP contribution in [0.15, 0.2) is 47.6 Å². The lowest BCUT2D eigenvalue weighted by atomic mass is 9.91. The van der Waals surface area contributed by atoms with Crippen molar-refractivity contribution in [1.82, 2.24) is 0 Å². The average molecular weight is 361 g/mol. The summed E-state index contributed by atoms with van der Waals surface area (Å²) in [4.78, 5) is 0. The van der Waals surface area contributed by atoms with Gasteiger partial charge in [0.1, 0.15) is 0 Å². The van der Waals surface area contributed by atoms with Crippen molar-refractivity contribution in [2.45, 2.75) is 96.9 Å². The second-order valence-electron chi connectivity index (χ2n) is 11.9. The Kier molecular flexibility index (Phi) is 10.8. The maximum atomic E-state index is 2.30. The maximum absolute atomic E-state index is 2.30. The zero-order chi connectivity index (χ0) is 21.4. The van der Waals surface area contributed by atoms with E-state index in [2.05, 4.69) is 133 Å². The summed E-state index contributed by atoms with van der Waals surface area (Å²) in [5, 5.41) is 0. The first-order valence-corrected chi connectivity index (χ1v) is 9.98. The van der Waals surface area contributed by atoms with E-state index in [-0.39, 0.29) is 21.7 Å². The van der Waals surface area contributed by atoms with Crippen LogP contribution in [0.1, 0.15) is 96.9 Å². The SMILES string of the molecule is CC(/C=C\C(C)(C)C)=C/C(C)(C)C.CC(/C=C\C(C)(C)C)=C/C(C)(C)C. The van der Waals surface area contributed by atoms with Crippen molar-refractivity contribution < 1.29 is 0 Å². The van der Waals surface area contributed by atoms with E-state index in [1.807, 2.05) is 0 Å². The minimum atomic E-state index is 0.284. The van der Waals surface area contributed by atoms with Gasteiger partial charge in [0.25, 0.3) is 0 Å². The molecule has 0 aliphatic carbocycles. The van der Waals surface area contributed by atoms with Crippen LogP contribution in [-0.2, 0) is 0 Å². The standard InChI is InChI=1S/2C13H24/c2*1-11(10-13(5,6)7)8-9-12(2,3)4/h2*8-10H,1-7H3/b2*9-8-,11-10-. The maximum Gasteiger partial charge on any atom is -0.0197 e. The molecule has 0 heterocycles. The van der Waals surface area contributed by atoms with Crippen LogP contribution < -0.4 is 0 Å². The van der Waals surface area contributed by atoms with Crippen LogP contribution in [0.25, 0.3) is 0 Å². The van der Waals surface area contributed by atoms with Crippen molar-refractivity contribution in [3.05, 3.63) is 47.6 Å². The van der Waals surface area contributed by atoms with E-state index in [4.69, 9.17) is 0 Å². The summed E-state index contributed by atoms with van der Waals surface area (Å²) in [5.74, 6) is 0. The van der Waals surface area contributed by atoms with Crippen molar-refractivity contribution >= 4 is 0 Å². The fraction of sp³-hybridized carbons (Fsp3) is 0.692. The lowest BCUT2D eigenvalue weighted by molar-refractivity contribution is 0.536. The van der Waals surface area contributed by atoms with Crippen molar-refractivity contribution in [2.75, 3.05) is 0 Å². The van der Waals surface area contributed by atoms with Gasteiger partial charge in [-0.3, -0.25) is 0 Å². The van der Waals surface area contributed by atoms with Gasteiger partial charge in [0, 0.05) is 0 Å². The van der Waals surface area contributed by atoms with Crippen LogP contribution >= 0.6 is 0 Å². The monoisotopic (exact) mass is 360 g/mol. The highest BCUT2D eigenvalue weighted by molar-refractivity contribution is 5.20. The zero-order valence-corrected chi connectivity index (χ0v) is 20.5. The Morgan fingerprint density at radius 1 is 0.423 bits per heavy atom. The molecule has 0 aliphatic heterocycles. The van der Waals surface area contributed by atoms with Gasteiger partial charge in [-0.05, 0) is 35.5 Å². The molecule has 0 amide bonds. The Labute approximate surface area is 166 Å². The minimum absolute atomic E-state index is 0.284. The van der Waals surface area contributed by atoms with Crippen LogP contribution in [0.3, 0.4) is 0 Å². The summed E-state index contributed by atoms with van der Waals surface area (Å²) >= 11 is 0. The topological polar surface area (TPSA) is 0 Å². The van der Waals surface area contributed by atoms with Gasteiger partial charge in [-0.15, -0.1) is 0 Å². The normalized spacial score (nSPS) is 15.5.